The largest absolute Gasteiger partial charge is 0.494 e. The monoisotopic (exact) mass is 235 g/mol. The molecule has 3 nitrogen and oxygen atoms in total. The Labute approximate surface area is 103 Å². The van der Waals surface area contributed by atoms with Crippen LogP contribution in [0.1, 0.15) is 42.9 Å². The molecule has 3 N–H and O–H groups in total. The molecule has 2 rings (SSSR count). The molecular formula is C14H21NO2. The highest BCUT2D eigenvalue weighted by Crippen LogP contribution is 2.30. The Bertz CT molecular complexity index is 365. The minimum atomic E-state index is 0.166. The Morgan fingerprint density at radius 2 is 2.24 bits per heavy atom. The number of unbranched alkanes of at least 4 members (excludes halogenated alkanes) is 1. The van der Waals surface area contributed by atoms with Crippen LogP contribution in [0, 0.1) is 0 Å². The number of aryl methyl sites for hydroxylation is 1. The van der Waals surface area contributed by atoms with Gasteiger partial charge in [0, 0.05) is 12.6 Å². The number of benzene rings is 1. The lowest BCUT2D eigenvalue weighted by molar-refractivity contribution is 0.253. The van der Waals surface area contributed by atoms with Gasteiger partial charge in [0.05, 0.1) is 6.61 Å². The Kier molecular flexibility index (Phi) is 4.40. The first kappa shape index (κ1) is 12.4. The van der Waals surface area contributed by atoms with E-state index in [1.165, 1.54) is 17.5 Å². The van der Waals surface area contributed by atoms with Gasteiger partial charge in [-0.2, -0.15) is 0 Å². The summed E-state index contributed by atoms with van der Waals surface area (Å²) in [4.78, 5) is 0. The minimum Gasteiger partial charge on any atom is -0.494 e. The zero-order valence-corrected chi connectivity index (χ0v) is 10.2. The lowest BCUT2D eigenvalue weighted by Crippen LogP contribution is -2.17. The summed E-state index contributed by atoms with van der Waals surface area (Å²) in [6, 6.07) is 6.41. The molecule has 0 spiro atoms. The molecule has 1 aromatic rings. The predicted octanol–water partition coefficient (Wildman–Crippen LogP) is 2.17. The number of hydrogen-bond donors (Lipinski definition) is 2. The van der Waals surface area contributed by atoms with E-state index in [4.69, 9.17) is 15.6 Å². The van der Waals surface area contributed by atoms with Crippen molar-refractivity contribution in [3.63, 3.8) is 0 Å². The number of nitrogens with two attached hydrogens (primary N) is 1. The van der Waals surface area contributed by atoms with Crippen molar-refractivity contribution in [2.45, 2.75) is 38.1 Å². The molecule has 3 heteroatoms. The number of ether oxygens (including phenoxy) is 1. The van der Waals surface area contributed by atoms with Gasteiger partial charge in [0.15, 0.2) is 0 Å². The lowest BCUT2D eigenvalue weighted by atomic mass is 9.88. The predicted molar refractivity (Wildman–Crippen MR) is 68.1 cm³/mol. The summed E-state index contributed by atoms with van der Waals surface area (Å²) in [7, 11) is 0. The van der Waals surface area contributed by atoms with Crippen molar-refractivity contribution in [3.05, 3.63) is 29.3 Å². The lowest BCUT2D eigenvalue weighted by Gasteiger charge is -2.22. The number of aliphatic hydroxyl groups is 1. The molecule has 1 aliphatic rings. The van der Waals surface area contributed by atoms with Crippen LogP contribution >= 0.6 is 0 Å². The van der Waals surface area contributed by atoms with Gasteiger partial charge in [-0.3, -0.25) is 0 Å². The summed E-state index contributed by atoms with van der Waals surface area (Å²) in [5.41, 5.74) is 8.72. The Morgan fingerprint density at radius 1 is 1.35 bits per heavy atom. The molecule has 0 saturated carbocycles. The molecule has 0 heterocycles. The van der Waals surface area contributed by atoms with Gasteiger partial charge < -0.3 is 15.6 Å². The second kappa shape index (κ2) is 6.03. The number of fused-ring (bicyclic) bond motifs is 1. The molecule has 0 fully saturated rings. The van der Waals surface area contributed by atoms with Crippen molar-refractivity contribution in [3.8, 4) is 5.75 Å². The molecule has 0 bridgehead atoms. The highest BCUT2D eigenvalue weighted by molar-refractivity contribution is 5.39. The summed E-state index contributed by atoms with van der Waals surface area (Å²) in [6.07, 6.45) is 5.07. The molecule has 1 aromatic carbocycles. The summed E-state index contributed by atoms with van der Waals surface area (Å²) < 4.78 is 5.66. The standard InChI is InChI=1S/C14H21NO2/c15-14-5-3-4-11-6-7-12(10-13(11)14)17-9-2-1-8-16/h6-7,10,14,16H,1-5,8-9,15H2/t14-/m1/s1. The highest BCUT2D eigenvalue weighted by Gasteiger charge is 2.17. The van der Waals surface area contributed by atoms with Crippen LogP contribution in [-0.4, -0.2) is 18.3 Å². The third-order valence-corrected chi connectivity index (χ3v) is 3.30. The Balaban J connectivity index is 1.97. The first-order valence-electron chi connectivity index (χ1n) is 6.43. The normalized spacial score (nSPS) is 18.8. The average Bonchev–Trinajstić information content (AvgIpc) is 2.36. The fraction of sp³-hybridized carbons (Fsp3) is 0.571. The van der Waals surface area contributed by atoms with Crippen LogP contribution in [0.4, 0.5) is 0 Å². The minimum absolute atomic E-state index is 0.166. The SMILES string of the molecule is N[C@@H]1CCCc2ccc(OCCCCO)cc21. The second-order valence-electron chi connectivity index (χ2n) is 4.64. The maximum absolute atomic E-state index is 8.68. The van der Waals surface area contributed by atoms with Gasteiger partial charge >= 0.3 is 0 Å². The fourth-order valence-electron chi connectivity index (χ4n) is 2.31. The third-order valence-electron chi connectivity index (χ3n) is 3.30. The molecular weight excluding hydrogens is 214 g/mol. The van der Waals surface area contributed by atoms with E-state index < -0.39 is 0 Å². The van der Waals surface area contributed by atoms with Crippen LogP contribution in [0.2, 0.25) is 0 Å². The molecule has 1 aliphatic carbocycles. The highest BCUT2D eigenvalue weighted by atomic mass is 16.5. The van der Waals surface area contributed by atoms with E-state index in [1.54, 1.807) is 0 Å². The molecule has 0 radical (unpaired) electrons. The topological polar surface area (TPSA) is 55.5 Å². The van der Waals surface area contributed by atoms with Crippen molar-refractivity contribution >= 4 is 0 Å². The van der Waals surface area contributed by atoms with E-state index in [0.717, 1.165) is 31.4 Å². The summed E-state index contributed by atoms with van der Waals surface area (Å²) in [6.45, 7) is 0.896. The van der Waals surface area contributed by atoms with Gasteiger partial charge in [0.2, 0.25) is 0 Å². The van der Waals surface area contributed by atoms with Crippen LogP contribution in [-0.2, 0) is 6.42 Å². The van der Waals surface area contributed by atoms with E-state index in [1.807, 2.05) is 6.07 Å². The maximum atomic E-state index is 8.68. The van der Waals surface area contributed by atoms with Crippen LogP contribution in [0.25, 0.3) is 0 Å². The van der Waals surface area contributed by atoms with Crippen molar-refractivity contribution < 1.29 is 9.84 Å². The van der Waals surface area contributed by atoms with Crippen molar-refractivity contribution in [1.82, 2.24) is 0 Å². The van der Waals surface area contributed by atoms with E-state index in [2.05, 4.69) is 12.1 Å². The van der Waals surface area contributed by atoms with Crippen molar-refractivity contribution in [2.24, 2.45) is 5.73 Å². The van der Waals surface area contributed by atoms with Crippen molar-refractivity contribution in [2.75, 3.05) is 13.2 Å². The van der Waals surface area contributed by atoms with Gasteiger partial charge in [0.1, 0.15) is 5.75 Å². The maximum Gasteiger partial charge on any atom is 0.119 e. The van der Waals surface area contributed by atoms with Gasteiger partial charge in [0.25, 0.3) is 0 Å². The zero-order valence-electron chi connectivity index (χ0n) is 10.2. The third kappa shape index (κ3) is 3.20. The average molecular weight is 235 g/mol. The van der Waals surface area contributed by atoms with Gasteiger partial charge in [-0.25, -0.2) is 0 Å². The summed E-state index contributed by atoms with van der Waals surface area (Å²) in [5, 5.41) is 8.68. The fourth-order valence-corrected chi connectivity index (χ4v) is 2.31. The first-order chi connectivity index (χ1) is 8.31. The zero-order chi connectivity index (χ0) is 12.1. The van der Waals surface area contributed by atoms with E-state index in [-0.39, 0.29) is 12.6 Å². The molecule has 0 aromatic heterocycles. The van der Waals surface area contributed by atoms with Crippen LogP contribution in [0.15, 0.2) is 18.2 Å². The second-order valence-corrected chi connectivity index (χ2v) is 4.64. The number of rotatable bonds is 5. The van der Waals surface area contributed by atoms with Gasteiger partial charge in [-0.15, -0.1) is 0 Å². The molecule has 0 amide bonds. The molecule has 94 valence electrons. The van der Waals surface area contributed by atoms with Crippen LogP contribution in [0.5, 0.6) is 5.75 Å². The van der Waals surface area contributed by atoms with Gasteiger partial charge in [-0.05, 0) is 55.4 Å². The first-order valence-corrected chi connectivity index (χ1v) is 6.43. The molecule has 1 atom stereocenters. The molecule has 0 saturated heterocycles. The molecule has 0 aliphatic heterocycles. The van der Waals surface area contributed by atoms with E-state index in [0.29, 0.717) is 6.61 Å². The molecule has 0 unspecified atom stereocenters. The Hall–Kier alpha value is -1.06. The number of hydrogen-bond acceptors (Lipinski definition) is 3. The van der Waals surface area contributed by atoms with Gasteiger partial charge in [-0.1, -0.05) is 6.07 Å². The number of aliphatic hydroxyl groups excluding tert-OH is 1. The smallest absolute Gasteiger partial charge is 0.119 e. The molecule has 17 heavy (non-hydrogen) atoms. The Morgan fingerprint density at radius 3 is 3.06 bits per heavy atom. The van der Waals surface area contributed by atoms with Crippen molar-refractivity contribution in [1.29, 1.82) is 0 Å². The van der Waals surface area contributed by atoms with Crippen LogP contribution in [0.3, 0.4) is 0 Å². The van der Waals surface area contributed by atoms with E-state index >= 15 is 0 Å². The van der Waals surface area contributed by atoms with E-state index in [9.17, 15) is 0 Å². The van der Waals surface area contributed by atoms with Crippen LogP contribution < -0.4 is 10.5 Å². The summed E-state index contributed by atoms with van der Waals surface area (Å²) in [5.74, 6) is 0.902. The quantitative estimate of drug-likeness (QED) is 0.769. The summed E-state index contributed by atoms with van der Waals surface area (Å²) >= 11 is 0.